The van der Waals surface area contributed by atoms with Crippen LogP contribution in [0, 0.1) is 6.92 Å². The van der Waals surface area contributed by atoms with Crippen molar-refractivity contribution in [2.75, 3.05) is 11.1 Å². The largest absolute Gasteiger partial charge is 0.331 e. The third kappa shape index (κ3) is 3.29. The van der Waals surface area contributed by atoms with Gasteiger partial charge in [0.25, 0.3) is 0 Å². The Hall–Kier alpha value is -2.39. The summed E-state index contributed by atoms with van der Waals surface area (Å²) in [4.78, 5) is 5.04. The normalized spacial score (nSPS) is 17.3. The minimum absolute atomic E-state index is 0.430. The molecule has 7 nitrogen and oxygen atoms in total. The molecule has 4 aromatic heterocycles. The summed E-state index contributed by atoms with van der Waals surface area (Å²) in [6.45, 7) is 2.00. The van der Waals surface area contributed by atoms with Gasteiger partial charge in [-0.25, -0.2) is 4.98 Å². The van der Waals surface area contributed by atoms with E-state index in [9.17, 15) is 0 Å². The molecular formula is C19H21N7S2. The molecule has 1 atom stereocenters. The van der Waals surface area contributed by atoms with Gasteiger partial charge < -0.3 is 5.32 Å². The molecule has 144 valence electrons. The fraction of sp³-hybridized carbons (Fsp3) is 0.368. The Morgan fingerprint density at radius 2 is 2.11 bits per heavy atom. The topological polar surface area (TPSA) is 72.9 Å². The molecule has 0 aromatic carbocycles. The highest BCUT2D eigenvalue weighted by Crippen LogP contribution is 2.39. The van der Waals surface area contributed by atoms with Gasteiger partial charge in [0, 0.05) is 35.7 Å². The van der Waals surface area contributed by atoms with Gasteiger partial charge in [-0.3, -0.25) is 4.68 Å². The number of aromatic nitrogens is 6. The summed E-state index contributed by atoms with van der Waals surface area (Å²) in [6, 6.07) is 4.20. The van der Waals surface area contributed by atoms with Crippen LogP contribution in [0.15, 0.2) is 30.7 Å². The van der Waals surface area contributed by atoms with Gasteiger partial charge >= 0.3 is 0 Å². The van der Waals surface area contributed by atoms with Crippen LogP contribution in [0.4, 0.5) is 10.8 Å². The molecule has 4 aromatic rings. The van der Waals surface area contributed by atoms with Crippen LogP contribution in [-0.4, -0.2) is 34.5 Å². The highest BCUT2D eigenvalue weighted by Gasteiger charge is 2.21. The van der Waals surface area contributed by atoms with Crippen LogP contribution >= 0.6 is 23.3 Å². The Morgan fingerprint density at radius 1 is 1.18 bits per heavy atom. The van der Waals surface area contributed by atoms with Crippen LogP contribution < -0.4 is 5.32 Å². The first-order valence-corrected chi connectivity index (χ1v) is 11.2. The number of nitrogens with zero attached hydrogens (tertiary/aromatic N) is 6. The minimum Gasteiger partial charge on any atom is -0.331 e. The van der Waals surface area contributed by atoms with E-state index in [1.54, 1.807) is 4.68 Å². The molecule has 1 N–H and O–H groups in total. The van der Waals surface area contributed by atoms with Gasteiger partial charge in [0.1, 0.15) is 10.8 Å². The molecule has 0 bridgehead atoms. The summed E-state index contributed by atoms with van der Waals surface area (Å²) in [5, 5.41) is 13.9. The van der Waals surface area contributed by atoms with Crippen molar-refractivity contribution in [2.45, 2.75) is 31.4 Å². The predicted molar refractivity (Wildman–Crippen MR) is 114 cm³/mol. The lowest BCUT2D eigenvalue weighted by atomic mass is 10.1. The quantitative estimate of drug-likeness (QED) is 0.529. The number of thioether (sulfide) groups is 1. The van der Waals surface area contributed by atoms with E-state index in [0.717, 1.165) is 39.0 Å². The Bertz CT molecular complexity index is 1120. The van der Waals surface area contributed by atoms with E-state index in [2.05, 4.69) is 32.0 Å². The Labute approximate surface area is 171 Å². The van der Waals surface area contributed by atoms with Crippen molar-refractivity contribution in [3.63, 3.8) is 0 Å². The summed E-state index contributed by atoms with van der Waals surface area (Å²) in [5.41, 5.74) is 5.02. The first kappa shape index (κ1) is 17.7. The van der Waals surface area contributed by atoms with Gasteiger partial charge in [-0.2, -0.15) is 30.8 Å². The van der Waals surface area contributed by atoms with Crippen LogP contribution in [0.5, 0.6) is 0 Å². The fourth-order valence-electron chi connectivity index (χ4n) is 3.52. The smallest absolute Gasteiger partial charge is 0.165 e. The molecule has 0 radical (unpaired) electrons. The molecular weight excluding hydrogens is 390 g/mol. The first-order valence-electron chi connectivity index (χ1n) is 9.37. The molecule has 5 heterocycles. The maximum absolute atomic E-state index is 5.04. The number of fused-ring (bicyclic) bond motifs is 1. The zero-order valence-corrected chi connectivity index (χ0v) is 17.4. The van der Waals surface area contributed by atoms with Gasteiger partial charge in [-0.1, -0.05) is 6.42 Å². The van der Waals surface area contributed by atoms with Crippen LogP contribution in [-0.2, 0) is 7.05 Å². The Morgan fingerprint density at radius 3 is 2.82 bits per heavy atom. The second-order valence-corrected chi connectivity index (χ2v) is 9.19. The van der Waals surface area contributed by atoms with Crippen molar-refractivity contribution < 1.29 is 0 Å². The van der Waals surface area contributed by atoms with E-state index >= 15 is 0 Å². The van der Waals surface area contributed by atoms with Gasteiger partial charge in [0.05, 0.1) is 23.8 Å². The summed E-state index contributed by atoms with van der Waals surface area (Å²) in [5.74, 6) is 2.12. The number of hydrogen-bond acceptors (Lipinski definition) is 7. The number of hydrogen-bond donors (Lipinski definition) is 1. The van der Waals surface area contributed by atoms with Gasteiger partial charge in [-0.05, 0) is 43.1 Å². The van der Waals surface area contributed by atoms with E-state index in [-0.39, 0.29) is 0 Å². The van der Waals surface area contributed by atoms with E-state index in [0.29, 0.717) is 5.25 Å². The lowest BCUT2D eigenvalue weighted by Crippen LogP contribution is -2.08. The van der Waals surface area contributed by atoms with E-state index in [1.807, 2.05) is 48.8 Å². The maximum atomic E-state index is 5.04. The molecule has 0 spiro atoms. The minimum atomic E-state index is 0.430. The molecule has 1 aliphatic heterocycles. The Kier molecular flexibility index (Phi) is 4.56. The fourth-order valence-corrected chi connectivity index (χ4v) is 5.47. The number of rotatable bonds is 4. The highest BCUT2D eigenvalue weighted by molar-refractivity contribution is 7.99. The average molecular weight is 412 g/mol. The van der Waals surface area contributed by atoms with Crippen LogP contribution in [0.2, 0.25) is 0 Å². The van der Waals surface area contributed by atoms with Crippen LogP contribution in [0.3, 0.4) is 0 Å². The molecule has 0 aliphatic carbocycles. The zero-order valence-electron chi connectivity index (χ0n) is 15.8. The van der Waals surface area contributed by atoms with Crippen molar-refractivity contribution in [2.24, 2.45) is 7.05 Å². The summed E-state index contributed by atoms with van der Waals surface area (Å²) in [7, 11) is 1.92. The van der Waals surface area contributed by atoms with Crippen molar-refractivity contribution in [1.82, 2.24) is 28.8 Å². The van der Waals surface area contributed by atoms with Crippen LogP contribution in [0.1, 0.15) is 35.9 Å². The standard InChI is InChI=1S/C19H21N7S2/c1-12-7-18(28-24-12)23-17-8-15(16-5-3-4-6-27-16)22-19-14(10-21-26(17)19)13-9-20-25(2)11-13/h7-11,16,23H,3-6H2,1-2H3. The molecule has 28 heavy (non-hydrogen) atoms. The summed E-state index contributed by atoms with van der Waals surface area (Å²) < 4.78 is 8.07. The molecule has 1 saturated heterocycles. The molecule has 0 saturated carbocycles. The molecule has 5 rings (SSSR count). The summed E-state index contributed by atoms with van der Waals surface area (Å²) >= 11 is 3.47. The SMILES string of the molecule is Cc1cc(Nc2cc(C3CCCCS3)nc3c(-c4cnn(C)c4)cnn23)sn1. The second kappa shape index (κ2) is 7.21. The van der Waals surface area contributed by atoms with Crippen molar-refractivity contribution in [1.29, 1.82) is 0 Å². The summed E-state index contributed by atoms with van der Waals surface area (Å²) in [6.07, 6.45) is 9.46. The number of aryl methyl sites for hydroxylation is 2. The zero-order chi connectivity index (χ0) is 19.1. The van der Waals surface area contributed by atoms with Crippen molar-refractivity contribution in [3.8, 4) is 11.1 Å². The van der Waals surface area contributed by atoms with Crippen LogP contribution in [0.25, 0.3) is 16.8 Å². The number of anilines is 2. The third-order valence-corrected chi connectivity index (χ3v) is 7.10. The second-order valence-electron chi connectivity index (χ2n) is 7.08. The van der Waals surface area contributed by atoms with Gasteiger partial charge in [-0.15, -0.1) is 0 Å². The molecule has 1 fully saturated rings. The van der Waals surface area contributed by atoms with E-state index in [1.165, 1.54) is 36.5 Å². The Balaban J connectivity index is 1.64. The number of nitrogens with one attached hydrogen (secondary N) is 1. The average Bonchev–Trinajstić information content (AvgIpc) is 3.42. The highest BCUT2D eigenvalue weighted by atomic mass is 32.2. The molecule has 1 unspecified atom stereocenters. The van der Waals surface area contributed by atoms with E-state index in [4.69, 9.17) is 4.98 Å². The van der Waals surface area contributed by atoms with Gasteiger partial charge in [0.15, 0.2) is 5.65 Å². The van der Waals surface area contributed by atoms with E-state index < -0.39 is 0 Å². The monoisotopic (exact) mass is 411 g/mol. The predicted octanol–water partition coefficient (Wildman–Crippen LogP) is 4.60. The van der Waals surface area contributed by atoms with Crippen molar-refractivity contribution >= 4 is 39.8 Å². The molecule has 0 amide bonds. The van der Waals surface area contributed by atoms with Crippen molar-refractivity contribution in [3.05, 3.63) is 42.1 Å². The molecule has 9 heteroatoms. The van der Waals surface area contributed by atoms with Gasteiger partial charge in [0.2, 0.25) is 0 Å². The lowest BCUT2D eigenvalue weighted by Gasteiger charge is -2.21. The maximum Gasteiger partial charge on any atom is 0.165 e. The first-order chi connectivity index (χ1) is 13.7. The third-order valence-electron chi connectivity index (χ3n) is 4.90. The molecule has 1 aliphatic rings. The lowest BCUT2D eigenvalue weighted by molar-refractivity contribution is 0.675.